The van der Waals surface area contributed by atoms with Gasteiger partial charge in [-0.3, -0.25) is 14.2 Å². The fourth-order valence-corrected chi connectivity index (χ4v) is 2.43. The number of aliphatic carboxylic acids is 1. The van der Waals surface area contributed by atoms with Gasteiger partial charge >= 0.3 is 5.97 Å². The van der Waals surface area contributed by atoms with Crippen molar-refractivity contribution in [3.05, 3.63) is 12.7 Å². The van der Waals surface area contributed by atoms with E-state index in [1.807, 2.05) is 0 Å². The maximum atomic E-state index is 11.9. The molecule has 1 saturated heterocycles. The van der Waals surface area contributed by atoms with Crippen molar-refractivity contribution >= 4 is 28.9 Å². The molecule has 0 bridgehead atoms. The van der Waals surface area contributed by atoms with Crippen LogP contribution < -0.4 is 11.1 Å². The van der Waals surface area contributed by atoms with Gasteiger partial charge in [-0.2, -0.15) is 0 Å². The third-order valence-electron chi connectivity index (χ3n) is 3.57. The molecule has 1 fully saturated rings. The van der Waals surface area contributed by atoms with Crippen molar-refractivity contribution in [2.24, 2.45) is 0 Å². The number of carbonyl (C=O) groups excluding carboxylic acids is 1. The van der Waals surface area contributed by atoms with E-state index in [2.05, 4.69) is 20.3 Å². The number of nitrogens with zero attached hydrogens (tertiary/aromatic N) is 4. The number of hydrogen-bond acceptors (Lipinski definition) is 9. The molecule has 1 aliphatic rings. The van der Waals surface area contributed by atoms with E-state index in [0.29, 0.717) is 0 Å². The predicted molar refractivity (Wildman–Crippen MR) is 76.3 cm³/mol. The van der Waals surface area contributed by atoms with Crippen molar-refractivity contribution in [2.45, 2.75) is 24.5 Å². The Balaban J connectivity index is 1.85. The van der Waals surface area contributed by atoms with Crippen molar-refractivity contribution in [3.8, 4) is 0 Å². The quantitative estimate of drug-likeness (QED) is 0.390. The van der Waals surface area contributed by atoms with E-state index in [1.54, 1.807) is 0 Å². The summed E-state index contributed by atoms with van der Waals surface area (Å²) in [5.41, 5.74) is 6.21. The lowest BCUT2D eigenvalue weighted by Gasteiger charge is -2.16. The normalized spacial score (nSPS) is 26.6. The topological polar surface area (TPSA) is 186 Å². The molecule has 3 rings (SSSR count). The number of nitrogen functional groups attached to an aromatic ring is 1. The Bertz CT molecular complexity index is 793. The molecule has 128 valence electrons. The molecule has 0 spiro atoms. The molecule has 0 unspecified atom stereocenters. The number of amides is 1. The molecule has 0 radical (unpaired) electrons. The Morgan fingerprint density at radius 3 is 2.75 bits per heavy atom. The third kappa shape index (κ3) is 2.62. The number of carbonyl (C=O) groups is 2. The molecule has 1 amide bonds. The first-order valence-corrected chi connectivity index (χ1v) is 6.84. The zero-order chi connectivity index (χ0) is 17.4. The Morgan fingerprint density at radius 1 is 1.29 bits per heavy atom. The Kier molecular flexibility index (Phi) is 4.01. The van der Waals surface area contributed by atoms with E-state index in [9.17, 15) is 19.8 Å². The number of imidazole rings is 1. The molecule has 3 heterocycles. The van der Waals surface area contributed by atoms with Crippen LogP contribution in [0.25, 0.3) is 11.2 Å². The molecule has 6 N–H and O–H groups in total. The Labute approximate surface area is 133 Å². The fourth-order valence-electron chi connectivity index (χ4n) is 2.43. The van der Waals surface area contributed by atoms with Crippen molar-refractivity contribution in [2.75, 3.05) is 12.3 Å². The first-order chi connectivity index (χ1) is 11.4. The second kappa shape index (κ2) is 5.99. The number of nitrogens with one attached hydrogen (secondary N) is 1. The summed E-state index contributed by atoms with van der Waals surface area (Å²) < 4.78 is 6.70. The summed E-state index contributed by atoms with van der Waals surface area (Å²) in [4.78, 5) is 34.2. The van der Waals surface area contributed by atoms with Crippen LogP contribution in [0.15, 0.2) is 12.7 Å². The number of nitrogens with two attached hydrogens (primary N) is 1. The van der Waals surface area contributed by atoms with Gasteiger partial charge in [-0.05, 0) is 0 Å². The maximum absolute atomic E-state index is 11.9. The molecular weight excluding hydrogens is 324 g/mol. The van der Waals surface area contributed by atoms with Gasteiger partial charge in [-0.15, -0.1) is 0 Å². The number of aliphatic hydroxyl groups excluding tert-OH is 2. The summed E-state index contributed by atoms with van der Waals surface area (Å²) in [6.45, 7) is -0.635. The number of aromatic nitrogens is 4. The summed E-state index contributed by atoms with van der Waals surface area (Å²) in [6, 6.07) is 0. The minimum atomic E-state index is -1.56. The summed E-state index contributed by atoms with van der Waals surface area (Å²) >= 11 is 0. The standard InChI is InChI=1S/C12H14N6O6/c13-9-5-10(16-2-15-9)18(3-17-5)12-7(22)6(21)8(24-12)11(23)14-1-4(19)20/h2-3,6-8,12,21-22H,1H2,(H,14,23)(H,19,20)(H2,13,15,16)/t6-,7-,8+,12-/m0/s1. The van der Waals surface area contributed by atoms with Crippen LogP contribution in [0.1, 0.15) is 6.23 Å². The number of carboxylic acid groups (broad SMARTS) is 1. The van der Waals surface area contributed by atoms with E-state index in [1.165, 1.54) is 17.2 Å². The molecular formula is C12H14N6O6. The molecule has 0 aromatic carbocycles. The van der Waals surface area contributed by atoms with E-state index >= 15 is 0 Å². The summed E-state index contributed by atoms with van der Waals surface area (Å²) in [6.07, 6.45) is -3.13. The van der Waals surface area contributed by atoms with E-state index in [4.69, 9.17) is 15.6 Å². The second-order valence-electron chi connectivity index (χ2n) is 5.12. The van der Waals surface area contributed by atoms with Crippen LogP contribution in [0, 0.1) is 0 Å². The number of hydrogen-bond donors (Lipinski definition) is 5. The van der Waals surface area contributed by atoms with Gasteiger partial charge in [0.05, 0.1) is 6.33 Å². The number of carboxylic acids is 1. The van der Waals surface area contributed by atoms with Crippen molar-refractivity contribution in [1.82, 2.24) is 24.8 Å². The second-order valence-corrected chi connectivity index (χ2v) is 5.12. The number of anilines is 1. The first kappa shape index (κ1) is 16.0. The molecule has 0 saturated carbocycles. The van der Waals surface area contributed by atoms with Crippen LogP contribution in [0.4, 0.5) is 5.82 Å². The lowest BCUT2D eigenvalue weighted by molar-refractivity contribution is -0.143. The van der Waals surface area contributed by atoms with E-state index in [-0.39, 0.29) is 17.0 Å². The van der Waals surface area contributed by atoms with Crippen LogP contribution in [0.5, 0.6) is 0 Å². The van der Waals surface area contributed by atoms with Gasteiger partial charge in [-0.25, -0.2) is 15.0 Å². The number of aliphatic hydroxyl groups is 2. The van der Waals surface area contributed by atoms with Crippen LogP contribution >= 0.6 is 0 Å². The van der Waals surface area contributed by atoms with Gasteiger partial charge in [0, 0.05) is 0 Å². The van der Waals surface area contributed by atoms with Gasteiger partial charge in [0.15, 0.2) is 23.8 Å². The van der Waals surface area contributed by atoms with Crippen molar-refractivity contribution < 1.29 is 29.6 Å². The number of rotatable bonds is 4. The van der Waals surface area contributed by atoms with Crippen molar-refractivity contribution in [3.63, 3.8) is 0 Å². The predicted octanol–water partition coefficient (Wildman–Crippen LogP) is -2.77. The van der Waals surface area contributed by atoms with E-state index < -0.39 is 43.0 Å². The number of ether oxygens (including phenoxy) is 1. The minimum absolute atomic E-state index is 0.127. The molecule has 4 atom stereocenters. The van der Waals surface area contributed by atoms with Gasteiger partial charge in [-0.1, -0.05) is 0 Å². The average Bonchev–Trinajstić information content (AvgIpc) is 3.09. The molecule has 1 aliphatic heterocycles. The molecule has 24 heavy (non-hydrogen) atoms. The van der Waals surface area contributed by atoms with Crippen LogP contribution in [-0.2, 0) is 14.3 Å². The largest absolute Gasteiger partial charge is 0.480 e. The highest BCUT2D eigenvalue weighted by molar-refractivity contribution is 5.85. The van der Waals surface area contributed by atoms with Crippen LogP contribution in [-0.4, -0.2) is 71.6 Å². The summed E-state index contributed by atoms with van der Waals surface area (Å²) in [7, 11) is 0. The SMILES string of the molecule is Nc1ncnc2c1ncn2[C@H]1O[C@@H](C(=O)NCC(=O)O)[C@@H](O)[C@@H]1O. The van der Waals surface area contributed by atoms with E-state index in [0.717, 1.165) is 0 Å². The Morgan fingerprint density at radius 2 is 2.04 bits per heavy atom. The molecule has 2 aromatic rings. The number of fused-ring (bicyclic) bond motifs is 1. The molecule has 2 aromatic heterocycles. The molecule has 12 heteroatoms. The van der Waals surface area contributed by atoms with Crippen LogP contribution in [0.3, 0.4) is 0 Å². The Hall–Kier alpha value is -2.83. The lowest BCUT2D eigenvalue weighted by Crippen LogP contribution is -2.44. The zero-order valence-electron chi connectivity index (χ0n) is 12.1. The molecule has 12 nitrogen and oxygen atoms in total. The summed E-state index contributed by atoms with van der Waals surface area (Å²) in [5, 5.41) is 30.8. The third-order valence-corrected chi connectivity index (χ3v) is 3.57. The average molecular weight is 338 g/mol. The minimum Gasteiger partial charge on any atom is -0.480 e. The zero-order valence-corrected chi connectivity index (χ0v) is 12.1. The lowest BCUT2D eigenvalue weighted by atomic mass is 10.1. The van der Waals surface area contributed by atoms with Crippen LogP contribution in [0.2, 0.25) is 0 Å². The van der Waals surface area contributed by atoms with Gasteiger partial charge < -0.3 is 31.1 Å². The highest BCUT2D eigenvalue weighted by atomic mass is 16.6. The first-order valence-electron chi connectivity index (χ1n) is 6.84. The monoisotopic (exact) mass is 338 g/mol. The summed E-state index contributed by atoms with van der Waals surface area (Å²) in [5.74, 6) is -1.98. The van der Waals surface area contributed by atoms with Crippen molar-refractivity contribution in [1.29, 1.82) is 0 Å². The highest BCUT2D eigenvalue weighted by Crippen LogP contribution is 2.31. The molecule has 0 aliphatic carbocycles. The smallest absolute Gasteiger partial charge is 0.322 e. The highest BCUT2D eigenvalue weighted by Gasteiger charge is 2.47. The van der Waals surface area contributed by atoms with Gasteiger partial charge in [0.1, 0.15) is 30.6 Å². The van der Waals surface area contributed by atoms with Gasteiger partial charge in [0.2, 0.25) is 0 Å². The van der Waals surface area contributed by atoms with Gasteiger partial charge in [0.25, 0.3) is 5.91 Å². The maximum Gasteiger partial charge on any atom is 0.322 e. The fraction of sp³-hybridized carbons (Fsp3) is 0.417.